The van der Waals surface area contributed by atoms with Crippen molar-refractivity contribution < 1.29 is 9.18 Å². The van der Waals surface area contributed by atoms with Crippen LogP contribution in [0.2, 0.25) is 0 Å². The third kappa shape index (κ3) is 4.58. The topological polar surface area (TPSA) is 101 Å². The van der Waals surface area contributed by atoms with E-state index in [4.69, 9.17) is 11.5 Å². The minimum Gasteiger partial charge on any atom is -0.372 e. The molecule has 1 aliphatic heterocycles. The largest absolute Gasteiger partial charge is 0.372 e. The molecule has 4 rings (SSSR count). The van der Waals surface area contributed by atoms with Crippen LogP contribution in [0, 0.1) is 5.82 Å². The quantitative estimate of drug-likeness (QED) is 0.655. The highest BCUT2D eigenvalue weighted by Gasteiger charge is 2.29. The number of likely N-dealkylation sites (N-methyl/N-ethyl adjacent to an activating group) is 1. The second-order valence-electron chi connectivity index (χ2n) is 8.55. The van der Waals surface area contributed by atoms with Crippen molar-refractivity contribution in [3.05, 3.63) is 41.7 Å². The fraction of sp³-hybridized carbons (Fsp3) is 0.478. The summed E-state index contributed by atoms with van der Waals surface area (Å²) < 4.78 is 14.9. The fourth-order valence-corrected chi connectivity index (χ4v) is 4.66. The third-order valence-corrected chi connectivity index (χ3v) is 6.44. The maximum absolute atomic E-state index is 14.9. The van der Waals surface area contributed by atoms with Gasteiger partial charge in [0.15, 0.2) is 11.6 Å². The smallest absolute Gasteiger partial charge is 0.252 e. The molecule has 31 heavy (non-hydrogen) atoms. The highest BCUT2D eigenvalue weighted by Crippen LogP contribution is 2.30. The number of nitrogens with one attached hydrogen (secondary N) is 1. The molecule has 1 aromatic heterocycles. The van der Waals surface area contributed by atoms with E-state index in [2.05, 4.69) is 15.2 Å². The molecule has 0 spiro atoms. The first-order chi connectivity index (χ1) is 14.9. The van der Waals surface area contributed by atoms with E-state index in [1.807, 2.05) is 24.3 Å². The van der Waals surface area contributed by atoms with Crippen LogP contribution in [0.15, 0.2) is 30.3 Å². The number of amides is 1. The number of primary amides is 1. The van der Waals surface area contributed by atoms with Gasteiger partial charge >= 0.3 is 0 Å². The van der Waals surface area contributed by atoms with E-state index in [0.29, 0.717) is 0 Å². The number of benzene rings is 1. The first-order valence-electron chi connectivity index (χ1n) is 11.0. The second kappa shape index (κ2) is 9.09. The van der Waals surface area contributed by atoms with Crippen molar-refractivity contribution in [3.8, 4) is 0 Å². The summed E-state index contributed by atoms with van der Waals surface area (Å²) in [6.07, 6.45) is 6.35. The molecule has 1 aromatic carbocycles. The van der Waals surface area contributed by atoms with Crippen LogP contribution in [0.5, 0.6) is 0 Å². The van der Waals surface area contributed by atoms with Gasteiger partial charge in [-0.05, 0) is 56.0 Å². The summed E-state index contributed by atoms with van der Waals surface area (Å²) in [5.41, 5.74) is 13.7. The minimum absolute atomic E-state index is 0.00257. The Balaban J connectivity index is 1.61. The van der Waals surface area contributed by atoms with E-state index in [1.54, 1.807) is 11.9 Å². The molecule has 5 N–H and O–H groups in total. The SMILES string of the molecule is CN(c1nc(Nc2ccc(N3CCCC3)cc2)c(C(N)=O)cc1F)[C@@H]1CCCC[C@@H]1N. The lowest BCUT2D eigenvalue weighted by molar-refractivity contribution is 0.100. The molecule has 2 aliphatic rings. The fourth-order valence-electron chi connectivity index (χ4n) is 4.66. The van der Waals surface area contributed by atoms with E-state index in [1.165, 1.54) is 12.8 Å². The Morgan fingerprint density at radius 1 is 1.16 bits per heavy atom. The predicted molar refractivity (Wildman–Crippen MR) is 123 cm³/mol. The summed E-state index contributed by atoms with van der Waals surface area (Å²) >= 11 is 0. The zero-order valence-electron chi connectivity index (χ0n) is 18.0. The van der Waals surface area contributed by atoms with Gasteiger partial charge in [-0.2, -0.15) is 0 Å². The summed E-state index contributed by atoms with van der Waals surface area (Å²) in [5, 5.41) is 3.15. The number of anilines is 4. The van der Waals surface area contributed by atoms with Crippen LogP contribution in [-0.2, 0) is 0 Å². The number of carbonyl (C=O) groups is 1. The molecular formula is C23H31FN6O. The molecule has 0 bridgehead atoms. The van der Waals surface area contributed by atoms with Crippen LogP contribution < -0.4 is 26.6 Å². The van der Waals surface area contributed by atoms with Crippen LogP contribution in [-0.4, -0.2) is 43.1 Å². The highest BCUT2D eigenvalue weighted by atomic mass is 19.1. The summed E-state index contributed by atoms with van der Waals surface area (Å²) in [6.45, 7) is 2.13. The van der Waals surface area contributed by atoms with Crippen molar-refractivity contribution in [2.45, 2.75) is 50.6 Å². The van der Waals surface area contributed by atoms with Crippen molar-refractivity contribution in [2.24, 2.45) is 11.5 Å². The lowest BCUT2D eigenvalue weighted by Gasteiger charge is -2.37. The lowest BCUT2D eigenvalue weighted by Crippen LogP contribution is -2.48. The van der Waals surface area contributed by atoms with E-state index in [0.717, 1.165) is 56.2 Å². The first kappa shape index (κ1) is 21.4. The van der Waals surface area contributed by atoms with Crippen LogP contribution in [0.25, 0.3) is 0 Å². The van der Waals surface area contributed by atoms with Crippen molar-refractivity contribution in [1.82, 2.24) is 4.98 Å². The van der Waals surface area contributed by atoms with Crippen LogP contribution in [0.3, 0.4) is 0 Å². The number of aromatic nitrogens is 1. The molecule has 0 radical (unpaired) electrons. The molecular weight excluding hydrogens is 395 g/mol. The van der Waals surface area contributed by atoms with Crippen molar-refractivity contribution in [3.63, 3.8) is 0 Å². The van der Waals surface area contributed by atoms with Gasteiger partial charge in [0.2, 0.25) is 0 Å². The normalized spacial score (nSPS) is 21.2. The van der Waals surface area contributed by atoms with Gasteiger partial charge in [0.1, 0.15) is 5.82 Å². The summed E-state index contributed by atoms with van der Waals surface area (Å²) in [6, 6.07) is 9.07. The average molecular weight is 427 g/mol. The maximum Gasteiger partial charge on any atom is 0.252 e. The number of carbonyl (C=O) groups excluding carboxylic acids is 1. The third-order valence-electron chi connectivity index (χ3n) is 6.44. The zero-order chi connectivity index (χ0) is 22.0. The second-order valence-corrected chi connectivity index (χ2v) is 8.55. The van der Waals surface area contributed by atoms with Gasteiger partial charge < -0.3 is 26.6 Å². The van der Waals surface area contributed by atoms with E-state index in [9.17, 15) is 9.18 Å². The molecule has 2 atom stereocenters. The predicted octanol–water partition coefficient (Wildman–Crippen LogP) is 3.37. The summed E-state index contributed by atoms with van der Waals surface area (Å²) in [5.74, 6) is -0.896. The van der Waals surface area contributed by atoms with Gasteiger partial charge in [0, 0.05) is 43.6 Å². The number of halogens is 1. The molecule has 2 aromatic rings. The maximum atomic E-state index is 14.9. The standard InChI is InChI=1S/C23H31FN6O/c1-29(20-7-3-2-6-19(20)25)23-18(24)14-17(21(26)31)22(28-23)27-15-8-10-16(11-9-15)30-12-4-5-13-30/h8-11,14,19-20H,2-7,12-13,25H2,1H3,(H2,26,31)(H,27,28)/t19-,20+/m0/s1. The first-order valence-corrected chi connectivity index (χ1v) is 11.0. The average Bonchev–Trinajstić information content (AvgIpc) is 3.30. The number of hydrogen-bond acceptors (Lipinski definition) is 6. The summed E-state index contributed by atoms with van der Waals surface area (Å²) in [4.78, 5) is 20.6. The van der Waals surface area contributed by atoms with Crippen molar-refractivity contribution >= 4 is 28.9 Å². The number of pyridine rings is 1. The van der Waals surface area contributed by atoms with Crippen LogP contribution >= 0.6 is 0 Å². The Kier molecular flexibility index (Phi) is 6.27. The number of nitrogens with zero attached hydrogens (tertiary/aromatic N) is 3. The van der Waals surface area contributed by atoms with Gasteiger partial charge in [0.05, 0.1) is 5.56 Å². The number of rotatable bonds is 6. The van der Waals surface area contributed by atoms with Crippen LogP contribution in [0.4, 0.5) is 27.4 Å². The zero-order valence-corrected chi connectivity index (χ0v) is 18.0. The highest BCUT2D eigenvalue weighted by molar-refractivity contribution is 5.98. The molecule has 166 valence electrons. The Hall–Kier alpha value is -2.87. The molecule has 2 fully saturated rings. The Morgan fingerprint density at radius 2 is 1.84 bits per heavy atom. The number of hydrogen-bond donors (Lipinski definition) is 3. The molecule has 2 heterocycles. The monoisotopic (exact) mass is 426 g/mol. The Bertz CT molecular complexity index is 928. The Labute approximate surface area is 182 Å². The van der Waals surface area contributed by atoms with Gasteiger partial charge in [-0.3, -0.25) is 4.79 Å². The van der Waals surface area contributed by atoms with Crippen molar-refractivity contribution in [1.29, 1.82) is 0 Å². The lowest BCUT2D eigenvalue weighted by atomic mass is 9.90. The van der Waals surface area contributed by atoms with Gasteiger partial charge in [-0.1, -0.05) is 12.8 Å². The molecule has 1 aliphatic carbocycles. The number of nitrogens with two attached hydrogens (primary N) is 2. The summed E-state index contributed by atoms with van der Waals surface area (Å²) in [7, 11) is 1.81. The molecule has 7 nitrogen and oxygen atoms in total. The molecule has 1 amide bonds. The minimum atomic E-state index is -0.730. The molecule has 8 heteroatoms. The van der Waals surface area contributed by atoms with Gasteiger partial charge in [-0.25, -0.2) is 9.37 Å². The molecule has 1 saturated heterocycles. The Morgan fingerprint density at radius 3 is 2.48 bits per heavy atom. The van der Waals surface area contributed by atoms with Gasteiger partial charge in [0.25, 0.3) is 5.91 Å². The van der Waals surface area contributed by atoms with E-state index < -0.39 is 11.7 Å². The van der Waals surface area contributed by atoms with E-state index >= 15 is 0 Å². The van der Waals surface area contributed by atoms with E-state index in [-0.39, 0.29) is 29.3 Å². The van der Waals surface area contributed by atoms with Crippen molar-refractivity contribution in [2.75, 3.05) is 35.3 Å². The molecule has 0 unspecified atom stereocenters. The molecule has 1 saturated carbocycles. The van der Waals surface area contributed by atoms with Gasteiger partial charge in [-0.15, -0.1) is 0 Å². The van der Waals surface area contributed by atoms with Crippen LogP contribution in [0.1, 0.15) is 48.9 Å².